The van der Waals surface area contributed by atoms with E-state index < -0.39 is 0 Å². The van der Waals surface area contributed by atoms with Gasteiger partial charge in [0.1, 0.15) is 5.78 Å². The summed E-state index contributed by atoms with van der Waals surface area (Å²) in [4.78, 5) is 30.9. The van der Waals surface area contributed by atoms with E-state index in [0.29, 0.717) is 69.9 Å². The van der Waals surface area contributed by atoms with Crippen LogP contribution in [0.2, 0.25) is 0 Å². The molecule has 0 radical (unpaired) electrons. The highest BCUT2D eigenvalue weighted by Crippen LogP contribution is 2.79. The molecule has 1 N–H and O–H groups in total. The van der Waals surface area contributed by atoms with E-state index in [4.69, 9.17) is 0 Å². The van der Waals surface area contributed by atoms with Crippen molar-refractivity contribution in [2.75, 3.05) is 13.1 Å². The second kappa shape index (κ2) is 10.8. The second-order valence-corrected chi connectivity index (χ2v) is 21.8. The van der Waals surface area contributed by atoms with Crippen molar-refractivity contribution in [3.63, 3.8) is 0 Å². The van der Waals surface area contributed by atoms with Crippen molar-refractivity contribution in [2.45, 2.75) is 171 Å². The van der Waals surface area contributed by atoms with Crippen LogP contribution in [-0.4, -0.2) is 40.9 Å². The molecule has 8 rings (SSSR count). The number of hydrogen-bond acceptors (Lipinski definition) is 3. The molecule has 48 heavy (non-hydrogen) atoms. The van der Waals surface area contributed by atoms with E-state index in [1.165, 1.54) is 64.2 Å². The Labute approximate surface area is 293 Å². The number of fused-ring (bicyclic) bond motifs is 7. The van der Waals surface area contributed by atoms with Crippen molar-refractivity contribution < 1.29 is 14.7 Å². The third-order valence-electron chi connectivity index (χ3n) is 19.8. The lowest BCUT2D eigenvalue weighted by atomic mass is 9.32. The molecule has 1 saturated heterocycles. The largest absolute Gasteiger partial charge is 0.393 e. The lowest BCUT2D eigenvalue weighted by Gasteiger charge is -2.73. The summed E-state index contributed by atoms with van der Waals surface area (Å²) in [5.41, 5.74) is 1.07. The van der Waals surface area contributed by atoms with E-state index in [1.54, 1.807) is 0 Å². The number of hydrogen-bond donors (Lipinski definition) is 1. The van der Waals surface area contributed by atoms with Crippen LogP contribution in [0.3, 0.4) is 0 Å². The number of likely N-dealkylation sites (tertiary alicyclic amines) is 1. The Kier molecular flexibility index (Phi) is 7.71. The predicted octanol–water partition coefficient (Wildman–Crippen LogP) is 9.86. The van der Waals surface area contributed by atoms with Crippen molar-refractivity contribution in [1.82, 2.24) is 4.90 Å². The monoisotopic (exact) mass is 662 g/mol. The van der Waals surface area contributed by atoms with Crippen LogP contribution < -0.4 is 0 Å². The molecule has 0 unspecified atom stereocenters. The lowest BCUT2D eigenvalue weighted by molar-refractivity contribution is -0.248. The standard InChI is InChI=1S/C44H71NO3/c1-38(2)28(26-31(38)37(48)45-24-10-9-11-25-45)27-35(47)44-19-14-29(40(5)20-21-40)36(44)30-12-13-33-41(6)17-16-34(46)39(3,4)32(41)15-18-43(33,8)42(30,7)22-23-44/h28-34,36,46H,9-27H2,1-8H3/t28-,29+,30+,31+,32-,33+,34-,36+,41-,42+,43+,44+/m0/s1. The molecule has 0 aromatic heterocycles. The summed E-state index contributed by atoms with van der Waals surface area (Å²) < 4.78 is 0. The Morgan fingerprint density at radius 2 is 1.38 bits per heavy atom. The molecular weight excluding hydrogens is 590 g/mol. The number of nitrogens with zero attached hydrogens (tertiary/aromatic N) is 1. The van der Waals surface area contributed by atoms with Crippen molar-refractivity contribution in [2.24, 2.45) is 79.3 Å². The van der Waals surface area contributed by atoms with Gasteiger partial charge in [0.15, 0.2) is 0 Å². The molecule has 4 heteroatoms. The first-order valence-electron chi connectivity index (χ1n) is 21.0. The highest BCUT2D eigenvalue weighted by atomic mass is 16.3. The summed E-state index contributed by atoms with van der Waals surface area (Å²) in [5.74, 6) is 4.61. The van der Waals surface area contributed by atoms with Crippen LogP contribution in [-0.2, 0) is 9.59 Å². The SMILES string of the molecule is CC1([C@@H]2CC[C@]3(C(=O)C[C@@H]4C[C@H](C(=O)N5CCCCC5)C4(C)C)CC[C@]4(C)[C@H](CC[C@@H]5[C@@]6(C)CC[C@H](O)C(C)(C)[C@@H]6CC[C@]54C)[C@@H]23)CC1. The van der Waals surface area contributed by atoms with Gasteiger partial charge in [0.2, 0.25) is 5.91 Å². The topological polar surface area (TPSA) is 57.6 Å². The zero-order valence-corrected chi connectivity index (χ0v) is 32.3. The summed E-state index contributed by atoms with van der Waals surface area (Å²) in [6.45, 7) is 21.9. The zero-order chi connectivity index (χ0) is 34.3. The summed E-state index contributed by atoms with van der Waals surface area (Å²) in [6, 6.07) is 0. The maximum Gasteiger partial charge on any atom is 0.226 e. The molecule has 4 nitrogen and oxygen atoms in total. The van der Waals surface area contributed by atoms with E-state index in [-0.39, 0.29) is 33.7 Å². The highest BCUT2D eigenvalue weighted by molar-refractivity contribution is 5.87. The fourth-order valence-electron chi connectivity index (χ4n) is 16.0. The Bertz CT molecular complexity index is 1320. The molecule has 0 aromatic rings. The summed E-state index contributed by atoms with van der Waals surface area (Å²) in [7, 11) is 0. The number of Topliss-reactive ketones (excluding diaryl/α,β-unsaturated/α-hetero) is 1. The quantitative estimate of drug-likeness (QED) is 0.319. The van der Waals surface area contributed by atoms with Crippen molar-refractivity contribution >= 4 is 11.7 Å². The summed E-state index contributed by atoms with van der Waals surface area (Å²) in [6.07, 6.45) is 19.7. The Morgan fingerprint density at radius 1 is 0.667 bits per heavy atom. The summed E-state index contributed by atoms with van der Waals surface area (Å²) in [5, 5.41) is 11.2. The maximum atomic E-state index is 15.1. The van der Waals surface area contributed by atoms with E-state index in [9.17, 15) is 9.90 Å². The number of amides is 1. The van der Waals surface area contributed by atoms with Crippen molar-refractivity contribution in [3.05, 3.63) is 0 Å². The van der Waals surface area contributed by atoms with E-state index in [0.717, 1.165) is 51.6 Å². The summed E-state index contributed by atoms with van der Waals surface area (Å²) >= 11 is 0. The highest BCUT2D eigenvalue weighted by Gasteiger charge is 2.73. The van der Waals surface area contributed by atoms with E-state index in [2.05, 4.69) is 60.3 Å². The normalized spacial score (nSPS) is 51.4. The van der Waals surface area contributed by atoms with E-state index in [1.807, 2.05) is 0 Å². The molecule has 7 aliphatic carbocycles. The van der Waals surface area contributed by atoms with Crippen LogP contribution in [0.15, 0.2) is 0 Å². The maximum absolute atomic E-state index is 15.1. The number of carbonyl (C=O) groups is 2. The number of piperidine rings is 1. The number of aliphatic hydroxyl groups is 1. The number of ketones is 1. The molecule has 0 aromatic carbocycles. The molecule has 0 bridgehead atoms. The van der Waals surface area contributed by atoms with Gasteiger partial charge in [0, 0.05) is 30.8 Å². The average molecular weight is 662 g/mol. The van der Waals surface area contributed by atoms with Gasteiger partial charge in [0.25, 0.3) is 0 Å². The lowest BCUT2D eigenvalue weighted by Crippen LogP contribution is -2.67. The van der Waals surface area contributed by atoms with E-state index >= 15 is 4.79 Å². The minimum absolute atomic E-state index is 0.00989. The van der Waals surface area contributed by atoms with Gasteiger partial charge in [-0.3, -0.25) is 9.59 Å². The van der Waals surface area contributed by atoms with Gasteiger partial charge < -0.3 is 10.0 Å². The third-order valence-corrected chi connectivity index (χ3v) is 19.8. The fourth-order valence-corrected chi connectivity index (χ4v) is 16.0. The van der Waals surface area contributed by atoms with Crippen LogP contribution in [0, 0.1) is 79.3 Å². The van der Waals surface area contributed by atoms with Gasteiger partial charge in [-0.15, -0.1) is 0 Å². The minimum atomic E-state index is -0.175. The van der Waals surface area contributed by atoms with Crippen LogP contribution in [0.5, 0.6) is 0 Å². The molecular formula is C44H71NO3. The first kappa shape index (κ1) is 34.2. The zero-order valence-electron chi connectivity index (χ0n) is 32.3. The minimum Gasteiger partial charge on any atom is -0.393 e. The molecule has 1 amide bonds. The Morgan fingerprint density at radius 3 is 2.04 bits per heavy atom. The number of carbonyl (C=O) groups excluding carboxylic acids is 2. The molecule has 8 aliphatic rings. The smallest absolute Gasteiger partial charge is 0.226 e. The van der Waals surface area contributed by atoms with Crippen LogP contribution in [0.4, 0.5) is 0 Å². The number of rotatable bonds is 5. The first-order valence-corrected chi connectivity index (χ1v) is 21.0. The average Bonchev–Trinajstić information content (AvgIpc) is 3.66. The van der Waals surface area contributed by atoms with Gasteiger partial charge in [-0.05, 0) is 171 Å². The van der Waals surface area contributed by atoms with Gasteiger partial charge in [-0.2, -0.15) is 0 Å². The molecule has 7 saturated carbocycles. The Balaban J connectivity index is 1.07. The molecule has 8 fully saturated rings. The third kappa shape index (κ3) is 4.41. The number of aliphatic hydroxyl groups excluding tert-OH is 1. The van der Waals surface area contributed by atoms with Crippen LogP contribution in [0.25, 0.3) is 0 Å². The molecule has 12 atom stereocenters. The molecule has 1 aliphatic heterocycles. The van der Waals surface area contributed by atoms with Crippen LogP contribution in [0.1, 0.15) is 165 Å². The fraction of sp³-hybridized carbons (Fsp3) is 0.955. The van der Waals surface area contributed by atoms with Crippen molar-refractivity contribution in [3.8, 4) is 0 Å². The van der Waals surface area contributed by atoms with Crippen LogP contribution >= 0.6 is 0 Å². The van der Waals surface area contributed by atoms with Crippen molar-refractivity contribution in [1.29, 1.82) is 0 Å². The molecule has 270 valence electrons. The second-order valence-electron chi connectivity index (χ2n) is 21.8. The van der Waals surface area contributed by atoms with Gasteiger partial charge in [-0.1, -0.05) is 55.4 Å². The molecule has 1 heterocycles. The Hall–Kier alpha value is -0.900. The van der Waals surface area contributed by atoms with Gasteiger partial charge in [0.05, 0.1) is 6.10 Å². The predicted molar refractivity (Wildman–Crippen MR) is 193 cm³/mol. The molecule has 0 spiro atoms. The first-order chi connectivity index (χ1) is 22.5. The van der Waals surface area contributed by atoms with Gasteiger partial charge in [-0.25, -0.2) is 0 Å². The van der Waals surface area contributed by atoms with Gasteiger partial charge >= 0.3 is 0 Å².